The molecule has 2 aromatic rings. The monoisotopic (exact) mass is 368 g/mol. The molecule has 0 aliphatic carbocycles. The Kier molecular flexibility index (Phi) is 6.44. The van der Waals surface area contributed by atoms with Gasteiger partial charge in [0.2, 0.25) is 11.8 Å². The number of amides is 2. The third-order valence-electron chi connectivity index (χ3n) is 4.44. The summed E-state index contributed by atoms with van der Waals surface area (Å²) < 4.78 is 11.0. The third kappa shape index (κ3) is 5.56. The molecule has 1 heterocycles. The summed E-state index contributed by atoms with van der Waals surface area (Å²) >= 11 is 0. The normalized spacial score (nSPS) is 15.6. The van der Waals surface area contributed by atoms with Crippen LogP contribution in [0, 0.1) is 5.92 Å². The number of ether oxygens (including phenoxy) is 2. The summed E-state index contributed by atoms with van der Waals surface area (Å²) in [6.45, 7) is 2.87. The molecule has 2 N–H and O–H groups in total. The summed E-state index contributed by atoms with van der Waals surface area (Å²) in [4.78, 5) is 24.5. The minimum atomic E-state index is -0.611. The fourth-order valence-corrected chi connectivity index (χ4v) is 2.84. The Morgan fingerprint density at radius 2 is 1.63 bits per heavy atom. The molecule has 6 nitrogen and oxygen atoms in total. The second kappa shape index (κ2) is 9.19. The summed E-state index contributed by atoms with van der Waals surface area (Å²) in [5.74, 6) is 1.00. The van der Waals surface area contributed by atoms with Crippen molar-refractivity contribution in [2.45, 2.75) is 25.8 Å². The van der Waals surface area contributed by atoms with Gasteiger partial charge in [0.25, 0.3) is 0 Å². The number of hydrogen-bond acceptors (Lipinski definition) is 4. The van der Waals surface area contributed by atoms with E-state index in [-0.39, 0.29) is 17.7 Å². The van der Waals surface area contributed by atoms with Crippen LogP contribution in [0.2, 0.25) is 0 Å². The molecule has 1 fully saturated rings. The molecule has 1 aliphatic rings. The first-order valence-electron chi connectivity index (χ1n) is 9.14. The van der Waals surface area contributed by atoms with Crippen LogP contribution in [0.3, 0.4) is 0 Å². The van der Waals surface area contributed by atoms with Crippen LogP contribution >= 0.6 is 0 Å². The Hall–Kier alpha value is -2.86. The lowest BCUT2D eigenvalue weighted by Gasteiger charge is -2.23. The lowest BCUT2D eigenvalue weighted by atomic mass is 9.99. The van der Waals surface area contributed by atoms with Gasteiger partial charge in [0.05, 0.1) is 0 Å². The molecule has 2 amide bonds. The van der Waals surface area contributed by atoms with Gasteiger partial charge in [-0.3, -0.25) is 9.59 Å². The van der Waals surface area contributed by atoms with E-state index in [4.69, 9.17) is 9.47 Å². The van der Waals surface area contributed by atoms with E-state index in [0.29, 0.717) is 37.5 Å². The highest BCUT2D eigenvalue weighted by atomic mass is 16.5. The van der Waals surface area contributed by atoms with E-state index in [1.807, 2.05) is 30.3 Å². The predicted octanol–water partition coefficient (Wildman–Crippen LogP) is 3.35. The van der Waals surface area contributed by atoms with Crippen LogP contribution in [-0.4, -0.2) is 31.1 Å². The molecule has 1 aliphatic heterocycles. The molecule has 2 aromatic carbocycles. The van der Waals surface area contributed by atoms with E-state index in [9.17, 15) is 9.59 Å². The van der Waals surface area contributed by atoms with Crippen molar-refractivity contribution in [3.8, 4) is 11.5 Å². The Morgan fingerprint density at radius 3 is 2.30 bits per heavy atom. The van der Waals surface area contributed by atoms with Crippen LogP contribution in [0.25, 0.3) is 0 Å². The van der Waals surface area contributed by atoms with Crippen molar-refractivity contribution >= 4 is 17.5 Å². The van der Waals surface area contributed by atoms with Crippen LogP contribution in [0.5, 0.6) is 11.5 Å². The van der Waals surface area contributed by atoms with Crippen LogP contribution in [-0.2, 0) is 14.3 Å². The fourth-order valence-electron chi connectivity index (χ4n) is 2.84. The number of anilines is 1. The Balaban J connectivity index is 1.50. The van der Waals surface area contributed by atoms with Gasteiger partial charge in [0.1, 0.15) is 17.5 Å². The highest BCUT2D eigenvalue weighted by Gasteiger charge is 2.24. The number of nitrogens with one attached hydrogen (secondary N) is 2. The highest BCUT2D eigenvalue weighted by Crippen LogP contribution is 2.22. The maximum Gasteiger partial charge on any atom is 0.246 e. The molecule has 0 bridgehead atoms. The van der Waals surface area contributed by atoms with Crippen molar-refractivity contribution < 1.29 is 19.1 Å². The van der Waals surface area contributed by atoms with Crippen molar-refractivity contribution in [2.75, 3.05) is 18.5 Å². The Morgan fingerprint density at radius 1 is 1.00 bits per heavy atom. The summed E-state index contributed by atoms with van der Waals surface area (Å²) in [5.41, 5.74) is 0.646. The Labute approximate surface area is 158 Å². The quantitative estimate of drug-likeness (QED) is 0.820. The van der Waals surface area contributed by atoms with Gasteiger partial charge in [-0.1, -0.05) is 18.2 Å². The van der Waals surface area contributed by atoms with Crippen molar-refractivity contribution in [2.24, 2.45) is 5.92 Å². The summed E-state index contributed by atoms with van der Waals surface area (Å²) in [6, 6.07) is 16.0. The molecule has 0 unspecified atom stereocenters. The zero-order chi connectivity index (χ0) is 19.1. The van der Waals surface area contributed by atoms with Gasteiger partial charge in [-0.05, 0) is 56.2 Å². The summed E-state index contributed by atoms with van der Waals surface area (Å²) in [7, 11) is 0. The van der Waals surface area contributed by atoms with Crippen molar-refractivity contribution in [3.05, 3.63) is 54.6 Å². The average Bonchev–Trinajstić information content (AvgIpc) is 2.71. The highest BCUT2D eigenvalue weighted by molar-refractivity contribution is 5.97. The van der Waals surface area contributed by atoms with Gasteiger partial charge in [-0.25, -0.2) is 0 Å². The van der Waals surface area contributed by atoms with Crippen LogP contribution in [0.15, 0.2) is 54.6 Å². The van der Waals surface area contributed by atoms with E-state index in [2.05, 4.69) is 10.6 Å². The molecule has 1 saturated heterocycles. The maximum absolute atomic E-state index is 12.3. The molecule has 27 heavy (non-hydrogen) atoms. The van der Waals surface area contributed by atoms with E-state index in [1.54, 1.807) is 31.2 Å². The van der Waals surface area contributed by atoms with E-state index in [0.717, 1.165) is 5.75 Å². The van der Waals surface area contributed by atoms with Gasteiger partial charge in [0.15, 0.2) is 0 Å². The number of benzene rings is 2. The molecule has 0 spiro atoms. The lowest BCUT2D eigenvalue weighted by Crippen LogP contribution is -2.45. The van der Waals surface area contributed by atoms with Gasteiger partial charge >= 0.3 is 0 Å². The third-order valence-corrected chi connectivity index (χ3v) is 4.44. The maximum atomic E-state index is 12.3. The van der Waals surface area contributed by atoms with Gasteiger partial charge in [-0.2, -0.15) is 0 Å². The first-order valence-corrected chi connectivity index (χ1v) is 9.14. The van der Waals surface area contributed by atoms with Gasteiger partial charge in [-0.15, -0.1) is 0 Å². The molecular weight excluding hydrogens is 344 g/mol. The smallest absolute Gasteiger partial charge is 0.246 e. The molecule has 0 radical (unpaired) electrons. The number of carbonyl (C=O) groups is 2. The van der Waals surface area contributed by atoms with Gasteiger partial charge in [0, 0.05) is 24.8 Å². The lowest BCUT2D eigenvalue weighted by molar-refractivity contribution is -0.131. The van der Waals surface area contributed by atoms with Crippen molar-refractivity contribution in [1.29, 1.82) is 0 Å². The largest absolute Gasteiger partial charge is 0.457 e. The van der Waals surface area contributed by atoms with E-state index >= 15 is 0 Å². The molecule has 0 aromatic heterocycles. The molecule has 6 heteroatoms. The first-order chi connectivity index (χ1) is 13.1. The number of para-hydroxylation sites is 1. The van der Waals surface area contributed by atoms with Crippen LogP contribution in [0.1, 0.15) is 19.8 Å². The zero-order valence-corrected chi connectivity index (χ0v) is 15.3. The topological polar surface area (TPSA) is 76.7 Å². The Bertz CT molecular complexity index is 756. The summed E-state index contributed by atoms with van der Waals surface area (Å²) in [5, 5.41) is 5.59. The number of carbonyl (C=O) groups excluding carboxylic acids is 2. The molecular formula is C21H24N2O4. The van der Waals surface area contributed by atoms with E-state index < -0.39 is 6.04 Å². The first kappa shape index (κ1) is 18.9. The van der Waals surface area contributed by atoms with Crippen LogP contribution in [0.4, 0.5) is 5.69 Å². The SMILES string of the molecule is C[C@@H](NC(=O)C1CCOCC1)C(=O)Nc1ccc(Oc2ccccc2)cc1. The van der Waals surface area contributed by atoms with E-state index in [1.165, 1.54) is 0 Å². The van der Waals surface area contributed by atoms with Crippen molar-refractivity contribution in [3.63, 3.8) is 0 Å². The second-order valence-electron chi connectivity index (χ2n) is 6.55. The minimum absolute atomic E-state index is 0.0802. The zero-order valence-electron chi connectivity index (χ0n) is 15.3. The molecule has 3 rings (SSSR count). The minimum Gasteiger partial charge on any atom is -0.457 e. The molecule has 0 saturated carbocycles. The molecule has 142 valence electrons. The second-order valence-corrected chi connectivity index (χ2v) is 6.55. The van der Waals surface area contributed by atoms with Crippen molar-refractivity contribution in [1.82, 2.24) is 5.32 Å². The van der Waals surface area contributed by atoms with Gasteiger partial charge < -0.3 is 20.1 Å². The average molecular weight is 368 g/mol. The van der Waals surface area contributed by atoms with Crippen LogP contribution < -0.4 is 15.4 Å². The fraction of sp³-hybridized carbons (Fsp3) is 0.333. The summed E-state index contributed by atoms with van der Waals surface area (Å²) in [6.07, 6.45) is 1.39. The predicted molar refractivity (Wildman–Crippen MR) is 103 cm³/mol. The molecule has 1 atom stereocenters. The standard InChI is InChI=1S/C21H24N2O4/c1-15(22-21(25)16-11-13-26-14-12-16)20(24)23-17-7-9-19(10-8-17)27-18-5-3-2-4-6-18/h2-10,15-16H,11-14H2,1H3,(H,22,25)(H,23,24)/t15-/m1/s1. The number of hydrogen-bond donors (Lipinski definition) is 2. The number of rotatable bonds is 6.